The highest BCUT2D eigenvalue weighted by atomic mass is 19.4. The van der Waals surface area contributed by atoms with E-state index in [1.807, 2.05) is 0 Å². The molecule has 6 rings (SSSR count). The Morgan fingerprint density at radius 3 is 2.56 bits per heavy atom. The van der Waals surface area contributed by atoms with E-state index in [-0.39, 0.29) is 22.4 Å². The Balaban J connectivity index is 1.40. The SMILES string of the molecule is COCCNC/C=C/C(=O)Nc1c(F)cc(C(=O)c2cc3c4c(cccn24)-c2c(C(F)(F)F)cc4c(ncn4C)c2N(C)CC3)cc1F. The molecule has 1 aliphatic heterocycles. The van der Waals surface area contributed by atoms with Crippen LogP contribution in [0.3, 0.4) is 0 Å². The van der Waals surface area contributed by atoms with E-state index in [0.29, 0.717) is 60.5 Å². The van der Waals surface area contributed by atoms with Crippen molar-refractivity contribution in [2.24, 2.45) is 7.05 Å². The Morgan fingerprint density at radius 2 is 1.85 bits per heavy atom. The van der Waals surface area contributed by atoms with Gasteiger partial charge in [-0.1, -0.05) is 12.1 Å². The molecule has 14 heteroatoms. The van der Waals surface area contributed by atoms with Gasteiger partial charge in [0.2, 0.25) is 11.7 Å². The number of aryl methyl sites for hydroxylation is 1. The lowest BCUT2D eigenvalue weighted by atomic mass is 9.92. The summed E-state index contributed by atoms with van der Waals surface area (Å²) in [6.45, 7) is 1.66. The Kier molecular flexibility index (Phi) is 8.79. The minimum Gasteiger partial charge on any atom is -0.383 e. The number of hydrogen-bond acceptors (Lipinski definition) is 6. The van der Waals surface area contributed by atoms with Crippen molar-refractivity contribution in [3.05, 3.63) is 95.1 Å². The highest BCUT2D eigenvalue weighted by Gasteiger charge is 2.39. The first-order valence-corrected chi connectivity index (χ1v) is 15.0. The van der Waals surface area contributed by atoms with Gasteiger partial charge in [-0.3, -0.25) is 9.59 Å². The Hall–Kier alpha value is -5.08. The third-order valence-electron chi connectivity index (χ3n) is 8.34. The number of carbonyl (C=O) groups excluding carboxylic acids is 2. The van der Waals surface area contributed by atoms with E-state index in [1.165, 1.54) is 33.6 Å². The van der Waals surface area contributed by atoms with Crippen LogP contribution in [0.5, 0.6) is 0 Å². The van der Waals surface area contributed by atoms with Crippen LogP contribution in [0.1, 0.15) is 27.2 Å². The molecule has 250 valence electrons. The van der Waals surface area contributed by atoms with Crippen LogP contribution in [0.2, 0.25) is 0 Å². The number of halogens is 5. The standard InChI is InChI=1S/C34H31F5N6O3/c1-43-12-8-19-16-26(33(47)20-14-23(35)29(24(36)15-20)42-27(46)7-4-9-40-10-13-48-3)45-11-5-6-21(31(19)45)28-22(34(37,38)39)17-25-30(32(28)43)41-18-44(25)2/h4-7,11,14-18,40H,8-10,12-13H2,1-3H3,(H,42,46)/b7-4+. The molecule has 9 nitrogen and oxygen atoms in total. The number of fused-ring (bicyclic) bond motifs is 4. The van der Waals surface area contributed by atoms with E-state index in [2.05, 4.69) is 15.6 Å². The van der Waals surface area contributed by atoms with E-state index in [1.54, 1.807) is 38.2 Å². The quantitative estimate of drug-likeness (QED) is 0.0903. The zero-order chi connectivity index (χ0) is 34.3. The molecule has 0 radical (unpaired) electrons. The van der Waals surface area contributed by atoms with Gasteiger partial charge in [-0.15, -0.1) is 0 Å². The summed E-state index contributed by atoms with van der Waals surface area (Å²) in [4.78, 5) is 32.2. The number of ether oxygens (including phenoxy) is 1. The summed E-state index contributed by atoms with van der Waals surface area (Å²) in [6, 6.07) is 7.36. The number of nitrogens with zero attached hydrogens (tertiary/aromatic N) is 4. The van der Waals surface area contributed by atoms with Gasteiger partial charge in [0.25, 0.3) is 0 Å². The average molecular weight is 667 g/mol. The molecule has 0 spiro atoms. The maximum atomic E-state index is 15.2. The van der Waals surface area contributed by atoms with E-state index in [4.69, 9.17) is 4.74 Å². The van der Waals surface area contributed by atoms with E-state index < -0.39 is 40.8 Å². The zero-order valence-electron chi connectivity index (χ0n) is 26.2. The first-order chi connectivity index (χ1) is 22.9. The molecule has 0 saturated heterocycles. The number of imidazole rings is 1. The number of methoxy groups -OCH3 is 1. The first kappa shape index (κ1) is 32.8. The summed E-state index contributed by atoms with van der Waals surface area (Å²) in [7, 11) is 4.87. The Bertz CT molecular complexity index is 2080. The summed E-state index contributed by atoms with van der Waals surface area (Å²) in [6.07, 6.45) is 1.24. The van der Waals surface area contributed by atoms with Gasteiger partial charge in [-0.05, 0) is 42.3 Å². The molecule has 0 atom stereocenters. The molecule has 0 aliphatic carbocycles. The lowest BCUT2D eigenvalue weighted by Gasteiger charge is -2.28. The summed E-state index contributed by atoms with van der Waals surface area (Å²) < 4.78 is 82.3. The van der Waals surface area contributed by atoms with Gasteiger partial charge in [-0.25, -0.2) is 13.8 Å². The molecule has 0 saturated carbocycles. The van der Waals surface area contributed by atoms with Gasteiger partial charge in [0.1, 0.15) is 22.8 Å². The number of ketones is 1. The maximum Gasteiger partial charge on any atom is 0.417 e. The number of carbonyl (C=O) groups is 2. The second-order valence-electron chi connectivity index (χ2n) is 11.5. The van der Waals surface area contributed by atoms with Crippen LogP contribution in [0.4, 0.5) is 33.3 Å². The number of alkyl halides is 3. The largest absolute Gasteiger partial charge is 0.417 e. The molecule has 4 heterocycles. The highest BCUT2D eigenvalue weighted by molar-refractivity contribution is 6.11. The normalized spacial score (nSPS) is 13.3. The van der Waals surface area contributed by atoms with Crippen molar-refractivity contribution in [1.29, 1.82) is 0 Å². The van der Waals surface area contributed by atoms with Gasteiger partial charge in [0.15, 0.2) is 0 Å². The van der Waals surface area contributed by atoms with E-state index in [0.717, 1.165) is 24.3 Å². The number of rotatable bonds is 9. The average Bonchev–Trinajstić information content (AvgIpc) is 3.61. The molecule has 1 amide bonds. The smallest absolute Gasteiger partial charge is 0.383 e. The molecular weight excluding hydrogens is 635 g/mol. The van der Waals surface area contributed by atoms with E-state index in [9.17, 15) is 22.8 Å². The fourth-order valence-electron chi connectivity index (χ4n) is 6.08. The fraction of sp³-hybridized carbons (Fsp3) is 0.265. The molecule has 2 N–H and O–H groups in total. The topological polar surface area (TPSA) is 92.9 Å². The van der Waals surface area contributed by atoms with Crippen molar-refractivity contribution in [2.75, 3.05) is 50.6 Å². The number of pyridine rings is 1. The van der Waals surface area contributed by atoms with Gasteiger partial charge in [-0.2, -0.15) is 13.2 Å². The minimum absolute atomic E-state index is 0.0138. The lowest BCUT2D eigenvalue weighted by molar-refractivity contribution is -0.137. The van der Waals surface area contributed by atoms with Crippen LogP contribution in [0.15, 0.2) is 61.1 Å². The third-order valence-corrected chi connectivity index (χ3v) is 8.34. The molecule has 5 aromatic rings. The van der Waals surface area contributed by atoms with Gasteiger partial charge in [0.05, 0.1) is 40.9 Å². The molecule has 0 unspecified atom stereocenters. The monoisotopic (exact) mass is 666 g/mol. The van der Waals surface area contributed by atoms with Crippen molar-refractivity contribution >= 4 is 39.6 Å². The second-order valence-corrected chi connectivity index (χ2v) is 11.5. The number of anilines is 2. The van der Waals surface area contributed by atoms with Gasteiger partial charge < -0.3 is 29.2 Å². The predicted molar refractivity (Wildman–Crippen MR) is 171 cm³/mol. The van der Waals surface area contributed by atoms with Gasteiger partial charge >= 0.3 is 6.18 Å². The zero-order valence-corrected chi connectivity index (χ0v) is 26.2. The number of hydrogen-bond donors (Lipinski definition) is 2. The second kappa shape index (κ2) is 12.8. The predicted octanol–water partition coefficient (Wildman–Crippen LogP) is 5.74. The molecule has 3 aromatic heterocycles. The van der Waals surface area contributed by atoms with Crippen LogP contribution >= 0.6 is 0 Å². The minimum atomic E-state index is -4.72. The Labute approximate surface area is 271 Å². The van der Waals surface area contributed by atoms with Crippen LogP contribution in [0.25, 0.3) is 27.7 Å². The van der Waals surface area contributed by atoms with Crippen molar-refractivity contribution < 1.29 is 36.3 Å². The summed E-state index contributed by atoms with van der Waals surface area (Å²) in [5, 5.41) is 5.14. The number of amides is 1. The first-order valence-electron chi connectivity index (χ1n) is 15.0. The number of likely N-dealkylation sites (N-methyl/N-ethyl adjacent to an activating group) is 1. The van der Waals surface area contributed by atoms with Crippen molar-refractivity contribution in [3.63, 3.8) is 0 Å². The van der Waals surface area contributed by atoms with E-state index >= 15 is 8.78 Å². The van der Waals surface area contributed by atoms with Crippen molar-refractivity contribution in [3.8, 4) is 11.1 Å². The summed E-state index contributed by atoms with van der Waals surface area (Å²) in [5.74, 6) is -3.85. The van der Waals surface area contributed by atoms with Crippen LogP contribution < -0.4 is 15.5 Å². The van der Waals surface area contributed by atoms with Crippen LogP contribution in [-0.4, -0.2) is 66.0 Å². The fourth-order valence-corrected chi connectivity index (χ4v) is 6.08. The van der Waals surface area contributed by atoms with Crippen LogP contribution in [-0.2, 0) is 29.2 Å². The lowest BCUT2D eigenvalue weighted by Crippen LogP contribution is -2.24. The summed E-state index contributed by atoms with van der Waals surface area (Å²) >= 11 is 0. The summed E-state index contributed by atoms with van der Waals surface area (Å²) in [5.41, 5.74) is 0.283. The number of nitrogens with one attached hydrogen (secondary N) is 2. The molecule has 1 aliphatic rings. The number of aromatic nitrogens is 3. The Morgan fingerprint density at radius 1 is 1.10 bits per heavy atom. The third kappa shape index (κ3) is 5.92. The molecule has 2 aromatic carbocycles. The van der Waals surface area contributed by atoms with Crippen LogP contribution in [0, 0.1) is 11.6 Å². The molecule has 0 bridgehead atoms. The number of benzene rings is 2. The van der Waals surface area contributed by atoms with Crippen molar-refractivity contribution in [2.45, 2.75) is 12.6 Å². The molecular formula is C34H31F5N6O3. The molecule has 0 fully saturated rings. The highest BCUT2D eigenvalue weighted by Crippen LogP contribution is 2.48. The van der Waals surface area contributed by atoms with Crippen molar-refractivity contribution in [1.82, 2.24) is 19.3 Å². The maximum absolute atomic E-state index is 15.2. The van der Waals surface area contributed by atoms with Gasteiger partial charge in [0, 0.05) is 69.8 Å². The molecule has 48 heavy (non-hydrogen) atoms.